The number of H-pyrrole nitrogens is 2. The number of nitrogens with zero attached hydrogens (tertiary/aromatic N) is 1. The average molecular weight is 386 g/mol. The molecule has 4 rings (SSSR count). The van der Waals surface area contributed by atoms with E-state index in [-0.39, 0.29) is 6.04 Å². The Morgan fingerprint density at radius 2 is 1.70 bits per heavy atom. The van der Waals surface area contributed by atoms with E-state index in [1.807, 2.05) is 24.3 Å². The van der Waals surface area contributed by atoms with Crippen LogP contribution >= 0.6 is 11.6 Å². The van der Waals surface area contributed by atoms with Crippen molar-refractivity contribution in [3.8, 4) is 0 Å². The molecule has 1 aliphatic rings. The molecular formula is C19H20ClN5O2. The van der Waals surface area contributed by atoms with Crippen molar-refractivity contribution in [2.45, 2.75) is 37.8 Å². The summed E-state index contributed by atoms with van der Waals surface area (Å²) >= 11 is 6.05. The fourth-order valence-corrected chi connectivity index (χ4v) is 3.78. The smallest absolute Gasteiger partial charge is 0.327 e. The molecule has 1 aliphatic carbocycles. The lowest BCUT2D eigenvalue weighted by Crippen LogP contribution is -2.33. The van der Waals surface area contributed by atoms with Crippen LogP contribution in [-0.2, 0) is 0 Å². The van der Waals surface area contributed by atoms with Gasteiger partial charge in [-0.15, -0.1) is 0 Å². The van der Waals surface area contributed by atoms with Gasteiger partial charge in [-0.1, -0.05) is 11.6 Å². The second kappa shape index (κ2) is 7.44. The summed E-state index contributed by atoms with van der Waals surface area (Å²) in [5.74, 6) is 0.470. The third kappa shape index (κ3) is 4.14. The molecule has 0 bridgehead atoms. The minimum absolute atomic E-state index is 0.230. The maximum atomic E-state index is 11.4. The van der Waals surface area contributed by atoms with Crippen LogP contribution < -0.4 is 21.9 Å². The lowest BCUT2D eigenvalue weighted by atomic mass is 9.91. The molecule has 0 amide bonds. The summed E-state index contributed by atoms with van der Waals surface area (Å²) in [4.78, 5) is 31.9. The van der Waals surface area contributed by atoms with Gasteiger partial charge in [-0.2, -0.15) is 0 Å². The van der Waals surface area contributed by atoms with Crippen LogP contribution in [0.3, 0.4) is 0 Å². The first-order valence-electron chi connectivity index (χ1n) is 8.98. The van der Waals surface area contributed by atoms with Crippen molar-refractivity contribution in [2.75, 3.05) is 10.6 Å². The van der Waals surface area contributed by atoms with Crippen molar-refractivity contribution in [1.82, 2.24) is 15.0 Å². The maximum Gasteiger partial charge on any atom is 0.327 e. The average Bonchev–Trinajstić information content (AvgIpc) is 2.62. The lowest BCUT2D eigenvalue weighted by Gasteiger charge is -2.31. The van der Waals surface area contributed by atoms with Gasteiger partial charge in [0.05, 0.1) is 5.52 Å². The number of hydrogen-bond donors (Lipinski definition) is 4. The van der Waals surface area contributed by atoms with E-state index in [2.05, 4.69) is 25.6 Å². The highest BCUT2D eigenvalue weighted by Gasteiger charge is 2.21. The van der Waals surface area contributed by atoms with Gasteiger partial charge >= 0.3 is 5.69 Å². The van der Waals surface area contributed by atoms with E-state index in [0.717, 1.165) is 42.3 Å². The molecule has 4 N–H and O–H groups in total. The van der Waals surface area contributed by atoms with Crippen LogP contribution in [0, 0.1) is 0 Å². The predicted octanol–water partition coefficient (Wildman–Crippen LogP) is 3.10. The second-order valence-corrected chi connectivity index (χ2v) is 7.30. The summed E-state index contributed by atoms with van der Waals surface area (Å²) in [7, 11) is 0. The largest absolute Gasteiger partial charge is 0.382 e. The molecule has 0 unspecified atom stereocenters. The van der Waals surface area contributed by atoms with E-state index in [9.17, 15) is 9.59 Å². The Kier molecular flexibility index (Phi) is 4.85. The normalized spacial score (nSPS) is 19.7. The van der Waals surface area contributed by atoms with Crippen LogP contribution in [0.4, 0.5) is 11.5 Å². The van der Waals surface area contributed by atoms with E-state index in [1.54, 1.807) is 6.20 Å². The fourth-order valence-electron chi connectivity index (χ4n) is 3.62. The van der Waals surface area contributed by atoms with Gasteiger partial charge in [0.15, 0.2) is 0 Å². The molecule has 0 atom stereocenters. The maximum absolute atomic E-state index is 11.4. The molecule has 0 saturated heterocycles. The van der Waals surface area contributed by atoms with Gasteiger partial charge in [-0.3, -0.25) is 19.7 Å². The van der Waals surface area contributed by atoms with Gasteiger partial charge in [-0.05, 0) is 49.9 Å². The first-order valence-corrected chi connectivity index (χ1v) is 9.35. The molecular weight excluding hydrogens is 366 g/mol. The standard InChI is InChI=1S/C19H20ClN5O2/c20-11-1-6-14-15(7-8-21-16(14)9-11)22-12-2-4-13(5-3-12)23-17-10-18(26)25-19(27)24-17/h1,6-10,12-13H,2-5H2,(H,21,22)(H3,23,24,25,26,27)/t12-,13+. The number of fused-ring (bicyclic) bond motifs is 1. The number of aromatic nitrogens is 3. The summed E-state index contributed by atoms with van der Waals surface area (Å²) in [6.45, 7) is 0. The van der Waals surface area contributed by atoms with Crippen molar-refractivity contribution in [3.05, 3.63) is 62.4 Å². The Morgan fingerprint density at radius 3 is 2.44 bits per heavy atom. The first kappa shape index (κ1) is 17.6. The Balaban J connectivity index is 1.40. The molecule has 2 heterocycles. The van der Waals surface area contributed by atoms with Gasteiger partial charge in [0.25, 0.3) is 5.56 Å². The Labute approximate surface area is 160 Å². The van der Waals surface area contributed by atoms with E-state index in [4.69, 9.17) is 11.6 Å². The van der Waals surface area contributed by atoms with Gasteiger partial charge in [-0.25, -0.2) is 4.79 Å². The molecule has 3 aromatic rings. The lowest BCUT2D eigenvalue weighted by molar-refractivity contribution is 0.428. The molecule has 0 aliphatic heterocycles. The third-order valence-electron chi connectivity index (χ3n) is 4.91. The van der Waals surface area contributed by atoms with Crippen LogP contribution in [0.25, 0.3) is 10.9 Å². The van der Waals surface area contributed by atoms with E-state index in [0.29, 0.717) is 16.9 Å². The fraction of sp³-hybridized carbons (Fsp3) is 0.316. The quantitative estimate of drug-likeness (QED) is 0.552. The highest BCUT2D eigenvalue weighted by molar-refractivity contribution is 6.31. The second-order valence-electron chi connectivity index (χ2n) is 6.86. The van der Waals surface area contributed by atoms with Crippen LogP contribution in [0.15, 0.2) is 46.1 Å². The van der Waals surface area contributed by atoms with Crippen LogP contribution in [0.1, 0.15) is 25.7 Å². The van der Waals surface area contributed by atoms with E-state index < -0.39 is 11.2 Å². The first-order chi connectivity index (χ1) is 13.1. The molecule has 1 aromatic carbocycles. The van der Waals surface area contributed by atoms with Crippen molar-refractivity contribution in [3.63, 3.8) is 0 Å². The number of pyridine rings is 1. The topological polar surface area (TPSA) is 103 Å². The molecule has 0 radical (unpaired) electrons. The summed E-state index contributed by atoms with van der Waals surface area (Å²) < 4.78 is 0. The number of halogens is 1. The van der Waals surface area contributed by atoms with E-state index in [1.165, 1.54) is 6.07 Å². The van der Waals surface area contributed by atoms with E-state index >= 15 is 0 Å². The highest BCUT2D eigenvalue weighted by Crippen LogP contribution is 2.28. The van der Waals surface area contributed by atoms with Gasteiger partial charge in [0, 0.05) is 40.4 Å². The molecule has 7 nitrogen and oxygen atoms in total. The van der Waals surface area contributed by atoms with Crippen molar-refractivity contribution in [1.29, 1.82) is 0 Å². The zero-order chi connectivity index (χ0) is 18.8. The van der Waals surface area contributed by atoms with Gasteiger partial charge in [0.1, 0.15) is 5.82 Å². The Morgan fingerprint density at radius 1 is 0.963 bits per heavy atom. The van der Waals surface area contributed by atoms with Gasteiger partial charge < -0.3 is 10.6 Å². The molecule has 0 spiro atoms. The minimum Gasteiger partial charge on any atom is -0.382 e. The van der Waals surface area contributed by atoms with Gasteiger partial charge in [0.2, 0.25) is 0 Å². The summed E-state index contributed by atoms with van der Waals surface area (Å²) in [5.41, 5.74) is 1.04. The van der Waals surface area contributed by atoms with Crippen LogP contribution in [-0.4, -0.2) is 27.0 Å². The number of rotatable bonds is 4. The highest BCUT2D eigenvalue weighted by atomic mass is 35.5. The molecule has 140 valence electrons. The predicted molar refractivity (Wildman–Crippen MR) is 108 cm³/mol. The van der Waals surface area contributed by atoms with Crippen LogP contribution in [0.2, 0.25) is 5.02 Å². The van der Waals surface area contributed by atoms with Crippen molar-refractivity contribution >= 4 is 34.0 Å². The molecule has 2 aromatic heterocycles. The Hall–Kier alpha value is -2.80. The molecule has 1 fully saturated rings. The van der Waals surface area contributed by atoms with Crippen molar-refractivity contribution < 1.29 is 0 Å². The molecule has 8 heteroatoms. The van der Waals surface area contributed by atoms with Crippen molar-refractivity contribution in [2.24, 2.45) is 0 Å². The number of hydrogen-bond acceptors (Lipinski definition) is 5. The SMILES string of the molecule is O=c1cc(N[C@H]2CC[C@@H](Nc3ccnc4cc(Cl)ccc34)CC2)[nH]c(=O)[nH]1. The number of anilines is 2. The number of benzene rings is 1. The number of aromatic amines is 2. The Bertz CT molecular complexity index is 1040. The monoisotopic (exact) mass is 385 g/mol. The zero-order valence-electron chi connectivity index (χ0n) is 14.6. The molecule has 1 saturated carbocycles. The zero-order valence-corrected chi connectivity index (χ0v) is 15.3. The minimum atomic E-state index is -0.495. The summed E-state index contributed by atoms with van der Waals surface area (Å²) in [5, 5.41) is 8.61. The summed E-state index contributed by atoms with van der Waals surface area (Å²) in [6.07, 6.45) is 5.66. The summed E-state index contributed by atoms with van der Waals surface area (Å²) in [6, 6.07) is 9.69. The third-order valence-corrected chi connectivity index (χ3v) is 5.15. The molecule has 27 heavy (non-hydrogen) atoms. The number of nitrogens with one attached hydrogen (secondary N) is 4. The van der Waals surface area contributed by atoms with Crippen LogP contribution in [0.5, 0.6) is 0 Å².